The Bertz CT molecular complexity index is 428. The first kappa shape index (κ1) is 17.5. The van der Waals surface area contributed by atoms with E-state index >= 15 is 0 Å². The van der Waals surface area contributed by atoms with Gasteiger partial charge in [-0.1, -0.05) is 57.7 Å². The van der Waals surface area contributed by atoms with Crippen molar-refractivity contribution in [3.8, 4) is 5.75 Å². The lowest BCUT2D eigenvalue weighted by molar-refractivity contribution is -0.142. The van der Waals surface area contributed by atoms with Gasteiger partial charge in [-0.15, -0.1) is 0 Å². The van der Waals surface area contributed by atoms with E-state index in [0.29, 0.717) is 12.3 Å². The Morgan fingerprint density at radius 1 is 1.29 bits per heavy atom. The first-order valence-electron chi connectivity index (χ1n) is 7.97. The number of carboxylic acids is 1. The lowest BCUT2D eigenvalue weighted by atomic mass is 9.85. The van der Waals surface area contributed by atoms with Crippen molar-refractivity contribution < 1.29 is 14.6 Å². The number of aliphatic carboxylic acids is 1. The Labute approximate surface area is 128 Å². The van der Waals surface area contributed by atoms with Crippen LogP contribution in [-0.4, -0.2) is 18.2 Å². The van der Waals surface area contributed by atoms with Crippen LogP contribution >= 0.6 is 0 Å². The van der Waals surface area contributed by atoms with E-state index in [1.165, 1.54) is 12.8 Å². The molecule has 0 spiro atoms. The number of rotatable bonds is 10. The molecule has 118 valence electrons. The average molecular weight is 292 g/mol. The quantitative estimate of drug-likeness (QED) is 0.688. The molecule has 1 rings (SSSR count). The fourth-order valence-corrected chi connectivity index (χ4v) is 2.79. The van der Waals surface area contributed by atoms with Crippen LogP contribution in [0.1, 0.15) is 51.5 Å². The van der Waals surface area contributed by atoms with Gasteiger partial charge in [0, 0.05) is 0 Å². The maximum Gasteiger partial charge on any atom is 0.306 e. The summed E-state index contributed by atoms with van der Waals surface area (Å²) in [5, 5.41) is 9.53. The average Bonchev–Trinajstić information content (AvgIpc) is 2.50. The number of hydrogen-bond donors (Lipinski definition) is 1. The van der Waals surface area contributed by atoms with Crippen LogP contribution < -0.4 is 4.74 Å². The van der Waals surface area contributed by atoms with Crippen molar-refractivity contribution in [2.75, 3.05) is 7.11 Å². The third-order valence-electron chi connectivity index (χ3n) is 4.17. The lowest BCUT2D eigenvalue weighted by Gasteiger charge is -2.20. The molecule has 0 saturated carbocycles. The van der Waals surface area contributed by atoms with Gasteiger partial charge < -0.3 is 9.84 Å². The van der Waals surface area contributed by atoms with Crippen molar-refractivity contribution in [3.63, 3.8) is 0 Å². The van der Waals surface area contributed by atoms with E-state index in [1.54, 1.807) is 7.11 Å². The van der Waals surface area contributed by atoms with Crippen LogP contribution in [0.3, 0.4) is 0 Å². The Hall–Kier alpha value is -1.51. The normalized spacial score (nSPS) is 13.7. The summed E-state index contributed by atoms with van der Waals surface area (Å²) in [6.45, 7) is 4.33. The molecule has 0 aliphatic rings. The molecule has 3 heteroatoms. The van der Waals surface area contributed by atoms with E-state index in [1.807, 2.05) is 24.3 Å². The predicted molar refractivity (Wildman–Crippen MR) is 85.7 cm³/mol. The zero-order valence-corrected chi connectivity index (χ0v) is 13.5. The van der Waals surface area contributed by atoms with Gasteiger partial charge in [0.05, 0.1) is 13.0 Å². The molecule has 0 aliphatic heterocycles. The van der Waals surface area contributed by atoms with Crippen LogP contribution in [-0.2, 0) is 11.2 Å². The molecule has 1 aromatic carbocycles. The number of carbonyl (C=O) groups is 1. The maximum absolute atomic E-state index is 11.6. The van der Waals surface area contributed by atoms with Crippen LogP contribution in [0.5, 0.6) is 5.75 Å². The number of benzene rings is 1. The molecule has 1 aromatic rings. The smallest absolute Gasteiger partial charge is 0.306 e. The van der Waals surface area contributed by atoms with Crippen molar-refractivity contribution >= 4 is 5.97 Å². The van der Waals surface area contributed by atoms with Gasteiger partial charge in [-0.2, -0.15) is 0 Å². The molecule has 0 saturated heterocycles. The lowest BCUT2D eigenvalue weighted by Crippen LogP contribution is -2.20. The molecule has 21 heavy (non-hydrogen) atoms. The Kier molecular flexibility index (Phi) is 7.88. The number of hydrogen-bond acceptors (Lipinski definition) is 2. The molecule has 0 heterocycles. The minimum Gasteiger partial charge on any atom is -0.496 e. The summed E-state index contributed by atoms with van der Waals surface area (Å²) in [6.07, 6.45) is 5.82. The first-order valence-corrected chi connectivity index (χ1v) is 7.97. The van der Waals surface area contributed by atoms with Crippen LogP contribution in [0.25, 0.3) is 0 Å². The number of para-hydroxylation sites is 1. The van der Waals surface area contributed by atoms with Crippen molar-refractivity contribution in [1.29, 1.82) is 0 Å². The van der Waals surface area contributed by atoms with Gasteiger partial charge in [-0.3, -0.25) is 4.79 Å². The van der Waals surface area contributed by atoms with Crippen molar-refractivity contribution in [3.05, 3.63) is 29.8 Å². The van der Waals surface area contributed by atoms with Gasteiger partial charge in [0.1, 0.15) is 5.75 Å². The fraction of sp³-hybridized carbons (Fsp3) is 0.611. The first-order chi connectivity index (χ1) is 10.1. The van der Waals surface area contributed by atoms with Gasteiger partial charge in [0.2, 0.25) is 0 Å². The highest BCUT2D eigenvalue weighted by atomic mass is 16.5. The Balaban J connectivity index is 2.75. The van der Waals surface area contributed by atoms with Gasteiger partial charge >= 0.3 is 5.97 Å². The van der Waals surface area contributed by atoms with E-state index in [9.17, 15) is 9.90 Å². The SMILES string of the molecule is CCCCC(CC)CC(Cc1ccccc1OC)C(=O)O. The second kappa shape index (κ2) is 9.43. The fourth-order valence-electron chi connectivity index (χ4n) is 2.79. The van der Waals surface area contributed by atoms with Crippen molar-refractivity contribution in [1.82, 2.24) is 0 Å². The van der Waals surface area contributed by atoms with E-state index in [4.69, 9.17) is 4.74 Å². The summed E-state index contributed by atoms with van der Waals surface area (Å²) in [7, 11) is 1.63. The predicted octanol–water partition coefficient (Wildman–Crippen LogP) is 4.55. The highest BCUT2D eigenvalue weighted by Gasteiger charge is 2.23. The topological polar surface area (TPSA) is 46.5 Å². The molecule has 3 nitrogen and oxygen atoms in total. The second-order valence-corrected chi connectivity index (χ2v) is 5.70. The molecule has 0 aromatic heterocycles. The van der Waals surface area contributed by atoms with Crippen LogP contribution in [0.4, 0.5) is 0 Å². The zero-order valence-electron chi connectivity index (χ0n) is 13.5. The molecule has 2 unspecified atom stereocenters. The molecule has 0 amide bonds. The van der Waals surface area contributed by atoms with Gasteiger partial charge in [-0.05, 0) is 30.4 Å². The molecule has 0 aliphatic carbocycles. The third kappa shape index (κ3) is 5.78. The molecule has 1 N–H and O–H groups in total. The summed E-state index contributed by atoms with van der Waals surface area (Å²) in [5.41, 5.74) is 0.984. The van der Waals surface area contributed by atoms with E-state index in [2.05, 4.69) is 13.8 Å². The summed E-state index contributed by atoms with van der Waals surface area (Å²) < 4.78 is 5.33. The van der Waals surface area contributed by atoms with Gasteiger partial charge in [0.15, 0.2) is 0 Å². The molecule has 2 atom stereocenters. The minimum atomic E-state index is -0.698. The van der Waals surface area contributed by atoms with E-state index in [0.717, 1.165) is 30.6 Å². The zero-order chi connectivity index (χ0) is 15.7. The minimum absolute atomic E-state index is 0.330. The Morgan fingerprint density at radius 2 is 2.00 bits per heavy atom. The number of methoxy groups -OCH3 is 1. The standard InChI is InChI=1S/C18H28O3/c1-4-6-9-14(5-2)12-16(18(19)20)13-15-10-7-8-11-17(15)21-3/h7-8,10-11,14,16H,4-6,9,12-13H2,1-3H3,(H,19,20). The molecule has 0 fully saturated rings. The van der Waals surface area contributed by atoms with Crippen molar-refractivity contribution in [2.24, 2.45) is 11.8 Å². The van der Waals surface area contributed by atoms with Crippen molar-refractivity contribution in [2.45, 2.75) is 52.4 Å². The third-order valence-corrected chi connectivity index (χ3v) is 4.17. The van der Waals surface area contributed by atoms with Crippen LogP contribution in [0.2, 0.25) is 0 Å². The highest BCUT2D eigenvalue weighted by molar-refractivity contribution is 5.70. The van der Waals surface area contributed by atoms with E-state index < -0.39 is 5.97 Å². The summed E-state index contributed by atoms with van der Waals surface area (Å²) in [5.74, 6) is 0.255. The monoisotopic (exact) mass is 292 g/mol. The van der Waals surface area contributed by atoms with Crippen LogP contribution in [0.15, 0.2) is 24.3 Å². The number of carboxylic acid groups (broad SMARTS) is 1. The largest absolute Gasteiger partial charge is 0.496 e. The molecule has 0 radical (unpaired) electrons. The Morgan fingerprint density at radius 3 is 2.57 bits per heavy atom. The van der Waals surface area contributed by atoms with Gasteiger partial charge in [0.25, 0.3) is 0 Å². The van der Waals surface area contributed by atoms with Crippen LogP contribution in [0, 0.1) is 11.8 Å². The summed E-state index contributed by atoms with van der Waals surface area (Å²) >= 11 is 0. The summed E-state index contributed by atoms with van der Waals surface area (Å²) in [4.78, 5) is 11.6. The summed E-state index contributed by atoms with van der Waals surface area (Å²) in [6, 6.07) is 7.70. The molecule has 0 bridgehead atoms. The highest BCUT2D eigenvalue weighted by Crippen LogP contribution is 2.27. The molecular formula is C18H28O3. The molecular weight excluding hydrogens is 264 g/mol. The van der Waals surface area contributed by atoms with E-state index in [-0.39, 0.29) is 5.92 Å². The number of unbranched alkanes of at least 4 members (excludes halogenated alkanes) is 1. The number of ether oxygens (including phenoxy) is 1. The second-order valence-electron chi connectivity index (χ2n) is 5.70. The maximum atomic E-state index is 11.6. The van der Waals surface area contributed by atoms with Gasteiger partial charge in [-0.25, -0.2) is 0 Å².